The Labute approximate surface area is 191 Å². The second kappa shape index (κ2) is 9.46. The van der Waals surface area contributed by atoms with E-state index in [4.69, 9.17) is 18.6 Å². The molecule has 5 nitrogen and oxygen atoms in total. The van der Waals surface area contributed by atoms with E-state index in [0.29, 0.717) is 0 Å². The van der Waals surface area contributed by atoms with Crippen molar-refractivity contribution in [2.24, 2.45) is 0 Å². The number of hydrogen-bond acceptors (Lipinski definition) is 5. The molecule has 0 aliphatic heterocycles. The van der Waals surface area contributed by atoms with Crippen LogP contribution in [0.25, 0.3) is 11.0 Å². The molecule has 0 unspecified atom stereocenters. The fraction of sp³-hybridized carbons (Fsp3) is 0.160. The van der Waals surface area contributed by atoms with Crippen LogP contribution in [-0.4, -0.2) is 6.61 Å². The lowest BCUT2D eigenvalue weighted by Crippen LogP contribution is -2.15. The maximum atomic E-state index is 13.8. The van der Waals surface area contributed by atoms with E-state index in [1.165, 1.54) is 48.5 Å². The third-order valence-corrected chi connectivity index (χ3v) is 4.79. The van der Waals surface area contributed by atoms with E-state index in [9.17, 15) is 22.4 Å². The molecular weight excluding hydrogens is 456 g/mol. The molecule has 9 heteroatoms. The molecule has 0 aliphatic carbocycles. The molecule has 0 atom stereocenters. The standard InChI is InChI=1S/C25H18F4O5/c1-2-31-19-9-5-6-10-20(19)33-23-22(30)17-12-11-16(13-21(17)34-24(23)25(27,28)29)32-14-15-7-3-4-8-18(15)26/h3-13H,2,14H2,1H3. The first-order chi connectivity index (χ1) is 16.3. The number of rotatable bonds is 7. The van der Waals surface area contributed by atoms with E-state index >= 15 is 0 Å². The van der Waals surface area contributed by atoms with E-state index in [-0.39, 0.29) is 47.0 Å². The summed E-state index contributed by atoms with van der Waals surface area (Å²) in [6.07, 6.45) is -5.02. The van der Waals surface area contributed by atoms with Crippen LogP contribution in [0.2, 0.25) is 0 Å². The summed E-state index contributed by atoms with van der Waals surface area (Å²) >= 11 is 0. The molecule has 1 aromatic heterocycles. The topological polar surface area (TPSA) is 57.9 Å². The van der Waals surface area contributed by atoms with Crippen LogP contribution in [0.3, 0.4) is 0 Å². The van der Waals surface area contributed by atoms with Crippen LogP contribution in [0, 0.1) is 5.82 Å². The van der Waals surface area contributed by atoms with Gasteiger partial charge in [0.15, 0.2) is 11.5 Å². The van der Waals surface area contributed by atoms with Gasteiger partial charge in [0, 0.05) is 11.6 Å². The maximum Gasteiger partial charge on any atom is 0.453 e. The molecule has 0 fully saturated rings. The lowest BCUT2D eigenvalue weighted by Gasteiger charge is -2.15. The van der Waals surface area contributed by atoms with E-state index in [2.05, 4.69) is 0 Å². The van der Waals surface area contributed by atoms with Gasteiger partial charge in [-0.15, -0.1) is 0 Å². The first-order valence-electron chi connectivity index (χ1n) is 10.2. The van der Waals surface area contributed by atoms with Gasteiger partial charge in [-0.3, -0.25) is 4.79 Å². The van der Waals surface area contributed by atoms with E-state index < -0.39 is 28.9 Å². The summed E-state index contributed by atoms with van der Waals surface area (Å²) in [6, 6.07) is 15.8. The summed E-state index contributed by atoms with van der Waals surface area (Å²) < 4.78 is 76.5. The molecule has 0 aliphatic rings. The highest BCUT2D eigenvalue weighted by Gasteiger charge is 2.40. The number of benzene rings is 3. The largest absolute Gasteiger partial charge is 0.490 e. The highest BCUT2D eigenvalue weighted by molar-refractivity contribution is 5.80. The molecule has 4 aromatic rings. The van der Waals surface area contributed by atoms with Crippen molar-refractivity contribution in [2.75, 3.05) is 6.61 Å². The Kier molecular flexibility index (Phi) is 6.45. The van der Waals surface area contributed by atoms with Gasteiger partial charge in [0.1, 0.15) is 23.8 Å². The number of ether oxygens (including phenoxy) is 3. The Morgan fingerprint density at radius 3 is 2.32 bits per heavy atom. The van der Waals surface area contributed by atoms with Crippen LogP contribution in [0.5, 0.6) is 23.0 Å². The molecule has 34 heavy (non-hydrogen) atoms. The molecule has 0 spiro atoms. The molecular formula is C25H18F4O5. The highest BCUT2D eigenvalue weighted by atomic mass is 19.4. The fourth-order valence-electron chi connectivity index (χ4n) is 3.22. The molecule has 176 valence electrons. The van der Waals surface area contributed by atoms with Crippen LogP contribution in [0.4, 0.5) is 17.6 Å². The Morgan fingerprint density at radius 1 is 0.912 bits per heavy atom. The quantitative estimate of drug-likeness (QED) is 0.278. The smallest absolute Gasteiger partial charge is 0.453 e. The molecule has 0 saturated heterocycles. The van der Waals surface area contributed by atoms with Crippen molar-refractivity contribution in [2.45, 2.75) is 19.7 Å². The number of para-hydroxylation sites is 2. The molecule has 0 N–H and O–H groups in total. The van der Waals surface area contributed by atoms with Crippen LogP contribution in [-0.2, 0) is 12.8 Å². The second-order valence-electron chi connectivity index (χ2n) is 7.11. The van der Waals surface area contributed by atoms with Crippen LogP contribution < -0.4 is 19.6 Å². The molecule has 0 bridgehead atoms. The van der Waals surface area contributed by atoms with Crippen molar-refractivity contribution in [3.05, 3.63) is 94.1 Å². The SMILES string of the molecule is CCOc1ccccc1Oc1c(C(F)(F)F)oc2cc(OCc3ccccc3F)ccc2c1=O. The van der Waals surface area contributed by atoms with Crippen molar-refractivity contribution in [3.8, 4) is 23.0 Å². The van der Waals surface area contributed by atoms with Gasteiger partial charge in [-0.25, -0.2) is 4.39 Å². The average molecular weight is 474 g/mol. The van der Waals surface area contributed by atoms with Crippen LogP contribution in [0.1, 0.15) is 18.2 Å². The minimum Gasteiger partial charge on any atom is -0.490 e. The van der Waals surface area contributed by atoms with Crippen LogP contribution in [0.15, 0.2) is 75.9 Å². The Balaban J connectivity index is 1.74. The predicted octanol–water partition coefficient (Wildman–Crippen LogP) is 6.72. The van der Waals surface area contributed by atoms with Crippen molar-refractivity contribution in [3.63, 3.8) is 0 Å². The van der Waals surface area contributed by atoms with Gasteiger partial charge in [0.2, 0.25) is 11.2 Å². The van der Waals surface area contributed by atoms with Crippen molar-refractivity contribution in [1.82, 2.24) is 0 Å². The lowest BCUT2D eigenvalue weighted by molar-refractivity contribution is -0.154. The first-order valence-corrected chi connectivity index (χ1v) is 10.2. The van der Waals surface area contributed by atoms with E-state index in [1.54, 1.807) is 19.1 Å². The first kappa shape index (κ1) is 23.2. The molecule has 3 aromatic carbocycles. The minimum absolute atomic E-state index is 0.0636. The van der Waals surface area contributed by atoms with Crippen molar-refractivity contribution < 1.29 is 36.2 Å². The molecule has 0 amide bonds. The summed E-state index contributed by atoms with van der Waals surface area (Å²) in [7, 11) is 0. The van der Waals surface area contributed by atoms with Crippen molar-refractivity contribution in [1.29, 1.82) is 0 Å². The summed E-state index contributed by atoms with van der Waals surface area (Å²) in [5.41, 5.74) is -1.11. The zero-order valence-electron chi connectivity index (χ0n) is 17.8. The van der Waals surface area contributed by atoms with Gasteiger partial charge in [0.25, 0.3) is 5.76 Å². The Bertz CT molecular complexity index is 1380. The van der Waals surface area contributed by atoms with Crippen LogP contribution >= 0.6 is 0 Å². The fourth-order valence-corrected chi connectivity index (χ4v) is 3.22. The second-order valence-corrected chi connectivity index (χ2v) is 7.11. The Hall–Kier alpha value is -4.01. The number of hydrogen-bond donors (Lipinski definition) is 0. The summed E-state index contributed by atoms with van der Waals surface area (Å²) in [5.74, 6) is -2.87. The Morgan fingerprint density at radius 2 is 1.62 bits per heavy atom. The van der Waals surface area contributed by atoms with Gasteiger partial charge in [-0.05, 0) is 37.3 Å². The summed E-state index contributed by atoms with van der Waals surface area (Å²) in [5, 5.41) is -0.143. The van der Waals surface area contributed by atoms with Gasteiger partial charge < -0.3 is 18.6 Å². The third kappa shape index (κ3) is 4.83. The number of alkyl halides is 3. The summed E-state index contributed by atoms with van der Waals surface area (Å²) in [6.45, 7) is 1.78. The zero-order chi connectivity index (χ0) is 24.3. The molecule has 0 saturated carbocycles. The van der Waals surface area contributed by atoms with E-state index in [1.807, 2.05) is 0 Å². The van der Waals surface area contributed by atoms with Gasteiger partial charge in [-0.1, -0.05) is 30.3 Å². The van der Waals surface area contributed by atoms with E-state index in [0.717, 1.165) is 6.07 Å². The van der Waals surface area contributed by atoms with Gasteiger partial charge in [-0.2, -0.15) is 13.2 Å². The van der Waals surface area contributed by atoms with Gasteiger partial charge >= 0.3 is 6.18 Å². The average Bonchev–Trinajstić information content (AvgIpc) is 2.80. The molecule has 0 radical (unpaired) electrons. The van der Waals surface area contributed by atoms with Crippen molar-refractivity contribution >= 4 is 11.0 Å². The predicted molar refractivity (Wildman–Crippen MR) is 116 cm³/mol. The number of halogens is 4. The number of fused-ring (bicyclic) bond motifs is 1. The highest BCUT2D eigenvalue weighted by Crippen LogP contribution is 2.40. The minimum atomic E-state index is -5.02. The molecule has 1 heterocycles. The van der Waals surface area contributed by atoms with Gasteiger partial charge in [0.05, 0.1) is 12.0 Å². The third-order valence-electron chi connectivity index (χ3n) is 4.79. The zero-order valence-corrected chi connectivity index (χ0v) is 17.8. The lowest BCUT2D eigenvalue weighted by atomic mass is 10.2. The molecule has 4 rings (SSSR count). The normalized spacial score (nSPS) is 11.4. The maximum absolute atomic E-state index is 13.8. The summed E-state index contributed by atoms with van der Waals surface area (Å²) in [4.78, 5) is 13.0. The monoisotopic (exact) mass is 474 g/mol.